The first-order chi connectivity index (χ1) is 8.74. The zero-order valence-electron chi connectivity index (χ0n) is 10.1. The van der Waals surface area contributed by atoms with Gasteiger partial charge >= 0.3 is 0 Å². The monoisotopic (exact) mass is 256 g/mol. The molecular weight excluding hydrogens is 244 g/mol. The van der Waals surface area contributed by atoms with Gasteiger partial charge in [0, 0.05) is 11.4 Å². The van der Waals surface area contributed by atoms with Gasteiger partial charge in [-0.1, -0.05) is 41.9 Å². The molecule has 1 heterocycles. The highest BCUT2D eigenvalue weighted by molar-refractivity contribution is 6.31. The largest absolute Gasteiger partial charge is 0.342 e. The number of aryl methyl sites for hydroxylation is 1. The molecule has 2 nitrogen and oxygen atoms in total. The minimum Gasteiger partial charge on any atom is -0.342 e. The molecule has 0 radical (unpaired) electrons. The molecule has 90 valence electrons. The van der Waals surface area contributed by atoms with E-state index < -0.39 is 0 Å². The van der Waals surface area contributed by atoms with Gasteiger partial charge < -0.3 is 4.98 Å². The first-order valence-electron chi connectivity index (χ1n) is 5.91. The van der Waals surface area contributed by atoms with E-state index in [9.17, 15) is 0 Å². The van der Waals surface area contributed by atoms with E-state index in [0.29, 0.717) is 0 Å². The molecule has 0 amide bonds. The first kappa shape index (κ1) is 11.3. The summed E-state index contributed by atoms with van der Waals surface area (Å²) in [6, 6.07) is 14.1. The van der Waals surface area contributed by atoms with Gasteiger partial charge in [-0.15, -0.1) is 0 Å². The molecule has 1 aromatic heterocycles. The van der Waals surface area contributed by atoms with Gasteiger partial charge in [-0.25, -0.2) is 4.98 Å². The standard InChI is InChI=1S/C15H13ClN2/c1-10-17-14-8-4-6-12(15(14)18-10)9-11-5-2-3-7-13(11)16/h2-8H,9H2,1H3,(H,17,18). The number of aromatic nitrogens is 2. The van der Waals surface area contributed by atoms with E-state index in [0.717, 1.165) is 33.9 Å². The number of H-pyrrole nitrogens is 1. The lowest BCUT2D eigenvalue weighted by Gasteiger charge is -2.04. The minimum atomic E-state index is 0.807. The predicted molar refractivity (Wildman–Crippen MR) is 75.1 cm³/mol. The highest BCUT2D eigenvalue weighted by Gasteiger charge is 2.07. The summed E-state index contributed by atoms with van der Waals surface area (Å²) in [5.41, 5.74) is 4.45. The van der Waals surface area contributed by atoms with Crippen molar-refractivity contribution in [3.05, 3.63) is 64.4 Å². The van der Waals surface area contributed by atoms with Crippen LogP contribution in [-0.2, 0) is 6.42 Å². The fraction of sp³-hybridized carbons (Fsp3) is 0.133. The molecule has 3 rings (SSSR count). The van der Waals surface area contributed by atoms with E-state index in [1.165, 1.54) is 5.56 Å². The van der Waals surface area contributed by atoms with Crippen LogP contribution in [0.4, 0.5) is 0 Å². The zero-order chi connectivity index (χ0) is 12.5. The summed E-state index contributed by atoms with van der Waals surface area (Å²) < 4.78 is 0. The third-order valence-electron chi connectivity index (χ3n) is 3.05. The molecule has 0 saturated heterocycles. The van der Waals surface area contributed by atoms with Crippen LogP contribution in [-0.4, -0.2) is 9.97 Å². The summed E-state index contributed by atoms with van der Waals surface area (Å²) in [5.74, 6) is 0.941. The van der Waals surface area contributed by atoms with Gasteiger partial charge in [0.2, 0.25) is 0 Å². The molecule has 0 fully saturated rings. The average molecular weight is 257 g/mol. The van der Waals surface area contributed by atoms with Gasteiger partial charge in [0.1, 0.15) is 5.82 Å². The van der Waals surface area contributed by atoms with Crippen molar-refractivity contribution in [2.75, 3.05) is 0 Å². The first-order valence-corrected chi connectivity index (χ1v) is 6.29. The number of para-hydroxylation sites is 1. The Kier molecular flexibility index (Phi) is 2.80. The normalized spacial score (nSPS) is 11.0. The molecule has 0 spiro atoms. The number of rotatable bonds is 2. The highest BCUT2D eigenvalue weighted by atomic mass is 35.5. The van der Waals surface area contributed by atoms with Crippen molar-refractivity contribution in [1.29, 1.82) is 0 Å². The zero-order valence-corrected chi connectivity index (χ0v) is 10.8. The molecule has 0 aliphatic carbocycles. The van der Waals surface area contributed by atoms with Crippen LogP contribution in [0.2, 0.25) is 5.02 Å². The lowest BCUT2D eigenvalue weighted by molar-refractivity contribution is 1.16. The Bertz CT molecular complexity index is 701. The maximum absolute atomic E-state index is 6.20. The maximum Gasteiger partial charge on any atom is 0.104 e. The number of hydrogen-bond donors (Lipinski definition) is 1. The molecule has 0 saturated carbocycles. The van der Waals surface area contributed by atoms with E-state index in [1.54, 1.807) is 0 Å². The predicted octanol–water partition coefficient (Wildman–Crippen LogP) is 4.12. The lowest BCUT2D eigenvalue weighted by Crippen LogP contribution is -1.90. The molecule has 1 N–H and O–H groups in total. The van der Waals surface area contributed by atoms with Gasteiger partial charge in [0.05, 0.1) is 11.0 Å². The van der Waals surface area contributed by atoms with Gasteiger partial charge in [0.25, 0.3) is 0 Å². The summed E-state index contributed by atoms with van der Waals surface area (Å²) in [6.07, 6.45) is 0.807. The molecule has 2 aromatic carbocycles. The number of imidazole rings is 1. The van der Waals surface area contributed by atoms with Crippen LogP contribution in [0.3, 0.4) is 0 Å². The van der Waals surface area contributed by atoms with Crippen molar-refractivity contribution in [2.45, 2.75) is 13.3 Å². The Morgan fingerprint density at radius 3 is 2.67 bits per heavy atom. The van der Waals surface area contributed by atoms with Gasteiger partial charge in [-0.2, -0.15) is 0 Å². The van der Waals surface area contributed by atoms with Crippen molar-refractivity contribution < 1.29 is 0 Å². The average Bonchev–Trinajstić information content (AvgIpc) is 2.73. The molecule has 0 unspecified atom stereocenters. The molecule has 0 aliphatic heterocycles. The quantitative estimate of drug-likeness (QED) is 0.734. The molecule has 18 heavy (non-hydrogen) atoms. The topological polar surface area (TPSA) is 28.7 Å². The lowest BCUT2D eigenvalue weighted by atomic mass is 10.0. The van der Waals surface area contributed by atoms with Crippen molar-refractivity contribution >= 4 is 22.6 Å². The number of aromatic amines is 1. The Balaban J connectivity index is 2.07. The van der Waals surface area contributed by atoms with Crippen molar-refractivity contribution in [3.63, 3.8) is 0 Å². The number of fused-ring (bicyclic) bond motifs is 1. The molecule has 3 aromatic rings. The summed E-state index contributed by atoms with van der Waals surface area (Å²) in [7, 11) is 0. The highest BCUT2D eigenvalue weighted by Crippen LogP contribution is 2.23. The maximum atomic E-state index is 6.20. The van der Waals surface area contributed by atoms with Crippen LogP contribution in [0.5, 0.6) is 0 Å². The van der Waals surface area contributed by atoms with Crippen LogP contribution in [0.1, 0.15) is 17.0 Å². The summed E-state index contributed by atoms with van der Waals surface area (Å²) in [6.45, 7) is 1.97. The molecule has 0 aliphatic rings. The van der Waals surface area contributed by atoms with E-state index in [-0.39, 0.29) is 0 Å². The van der Waals surface area contributed by atoms with E-state index in [4.69, 9.17) is 11.6 Å². The number of halogens is 1. The van der Waals surface area contributed by atoms with Crippen LogP contribution in [0, 0.1) is 6.92 Å². The second-order valence-corrected chi connectivity index (χ2v) is 4.81. The number of nitrogens with zero attached hydrogens (tertiary/aromatic N) is 1. The molecule has 3 heteroatoms. The van der Waals surface area contributed by atoms with Crippen molar-refractivity contribution in [2.24, 2.45) is 0 Å². The van der Waals surface area contributed by atoms with Gasteiger partial charge in [0.15, 0.2) is 0 Å². The third-order valence-corrected chi connectivity index (χ3v) is 3.42. The van der Waals surface area contributed by atoms with E-state index in [1.807, 2.05) is 37.3 Å². The van der Waals surface area contributed by atoms with Crippen LogP contribution >= 0.6 is 11.6 Å². The van der Waals surface area contributed by atoms with Crippen LogP contribution in [0.15, 0.2) is 42.5 Å². The van der Waals surface area contributed by atoms with E-state index in [2.05, 4.69) is 22.1 Å². The van der Waals surface area contributed by atoms with Crippen LogP contribution < -0.4 is 0 Å². The fourth-order valence-corrected chi connectivity index (χ4v) is 2.41. The third kappa shape index (κ3) is 2.00. The van der Waals surface area contributed by atoms with Crippen LogP contribution in [0.25, 0.3) is 11.0 Å². The second-order valence-electron chi connectivity index (χ2n) is 4.40. The number of nitrogens with one attached hydrogen (secondary N) is 1. The van der Waals surface area contributed by atoms with Crippen molar-refractivity contribution in [3.8, 4) is 0 Å². The molecule has 0 bridgehead atoms. The number of benzene rings is 2. The molecular formula is C15H13ClN2. The SMILES string of the molecule is Cc1nc2c(Cc3ccccc3Cl)cccc2[nH]1. The van der Waals surface area contributed by atoms with Gasteiger partial charge in [-0.05, 0) is 30.2 Å². The number of hydrogen-bond acceptors (Lipinski definition) is 1. The molecule has 0 atom stereocenters. The Morgan fingerprint density at radius 2 is 1.83 bits per heavy atom. The Morgan fingerprint density at radius 1 is 1.06 bits per heavy atom. The summed E-state index contributed by atoms with van der Waals surface area (Å²) in [4.78, 5) is 7.80. The van der Waals surface area contributed by atoms with Crippen molar-refractivity contribution in [1.82, 2.24) is 9.97 Å². The smallest absolute Gasteiger partial charge is 0.104 e. The Labute approximate surface area is 111 Å². The second kappa shape index (κ2) is 4.46. The van der Waals surface area contributed by atoms with Gasteiger partial charge in [-0.3, -0.25) is 0 Å². The Hall–Kier alpha value is -1.80. The van der Waals surface area contributed by atoms with E-state index >= 15 is 0 Å². The minimum absolute atomic E-state index is 0.807. The summed E-state index contributed by atoms with van der Waals surface area (Å²) >= 11 is 6.20. The summed E-state index contributed by atoms with van der Waals surface area (Å²) in [5, 5.41) is 0.807. The fourth-order valence-electron chi connectivity index (χ4n) is 2.20.